The first-order valence-electron chi connectivity index (χ1n) is 8.53. The van der Waals surface area contributed by atoms with Crippen molar-refractivity contribution < 1.29 is 9.53 Å². The molecule has 0 aromatic heterocycles. The fourth-order valence-corrected chi connectivity index (χ4v) is 2.74. The summed E-state index contributed by atoms with van der Waals surface area (Å²) in [5, 5.41) is 6.48. The van der Waals surface area contributed by atoms with Crippen LogP contribution in [0.3, 0.4) is 0 Å². The van der Waals surface area contributed by atoms with Crippen LogP contribution in [0.25, 0.3) is 0 Å². The van der Waals surface area contributed by atoms with Crippen LogP contribution in [0.5, 0.6) is 0 Å². The summed E-state index contributed by atoms with van der Waals surface area (Å²) in [6.07, 6.45) is 0.960. The van der Waals surface area contributed by atoms with Crippen molar-refractivity contribution >= 4 is 6.09 Å². The van der Waals surface area contributed by atoms with Gasteiger partial charge in [0.05, 0.1) is 0 Å². The van der Waals surface area contributed by atoms with Crippen LogP contribution in [0.15, 0.2) is 0 Å². The van der Waals surface area contributed by atoms with Crippen LogP contribution < -0.4 is 10.6 Å². The molecule has 22 heavy (non-hydrogen) atoms. The zero-order chi connectivity index (χ0) is 16.8. The maximum Gasteiger partial charge on any atom is 0.407 e. The number of likely N-dealkylation sites (tertiary alicyclic amines) is 1. The summed E-state index contributed by atoms with van der Waals surface area (Å²) in [6.45, 7) is 15.1. The van der Waals surface area contributed by atoms with Crippen LogP contribution in [0.4, 0.5) is 4.79 Å². The number of nitrogens with one attached hydrogen (secondary N) is 2. The van der Waals surface area contributed by atoms with Crippen molar-refractivity contribution in [3.63, 3.8) is 0 Å². The van der Waals surface area contributed by atoms with Crippen LogP contribution >= 0.6 is 0 Å². The number of hydrogen-bond acceptors (Lipinski definition) is 4. The van der Waals surface area contributed by atoms with Gasteiger partial charge in [-0.1, -0.05) is 13.8 Å². The summed E-state index contributed by atoms with van der Waals surface area (Å²) in [5.41, 5.74) is -0.440. The van der Waals surface area contributed by atoms with Crippen molar-refractivity contribution in [3.05, 3.63) is 0 Å². The molecule has 1 rings (SSSR count). The number of nitrogens with zero attached hydrogens (tertiary/aromatic N) is 1. The van der Waals surface area contributed by atoms with Crippen LogP contribution in [-0.2, 0) is 4.74 Å². The van der Waals surface area contributed by atoms with Crippen LogP contribution in [0.1, 0.15) is 41.0 Å². The van der Waals surface area contributed by atoms with Crippen molar-refractivity contribution in [1.29, 1.82) is 0 Å². The Hall–Kier alpha value is -0.810. The maximum absolute atomic E-state index is 11.7. The topological polar surface area (TPSA) is 53.6 Å². The second-order valence-corrected chi connectivity index (χ2v) is 7.96. The first-order valence-corrected chi connectivity index (χ1v) is 8.53. The lowest BCUT2D eigenvalue weighted by atomic mass is 9.95. The van der Waals surface area contributed by atoms with Gasteiger partial charge in [-0.15, -0.1) is 0 Å². The summed E-state index contributed by atoms with van der Waals surface area (Å²) >= 11 is 0. The zero-order valence-electron chi connectivity index (χ0n) is 15.2. The lowest BCUT2D eigenvalue weighted by Crippen LogP contribution is -2.40. The van der Waals surface area contributed by atoms with Gasteiger partial charge in [0, 0.05) is 13.1 Å². The molecule has 1 aliphatic rings. The maximum atomic E-state index is 11.7. The van der Waals surface area contributed by atoms with Crippen molar-refractivity contribution in [1.82, 2.24) is 15.5 Å². The lowest BCUT2D eigenvalue weighted by molar-refractivity contribution is 0.0514. The van der Waals surface area contributed by atoms with E-state index in [9.17, 15) is 4.79 Å². The molecule has 0 bridgehead atoms. The number of rotatable bonds is 7. The zero-order valence-corrected chi connectivity index (χ0v) is 15.2. The predicted octanol–water partition coefficient (Wildman–Crippen LogP) is 2.32. The molecular formula is C17H35N3O2. The molecule has 1 fully saturated rings. The summed E-state index contributed by atoms with van der Waals surface area (Å²) in [4.78, 5) is 14.1. The van der Waals surface area contributed by atoms with Crippen molar-refractivity contribution in [2.45, 2.75) is 46.6 Å². The Morgan fingerprint density at radius 1 is 1.32 bits per heavy atom. The molecule has 2 unspecified atom stereocenters. The Balaban J connectivity index is 2.25. The van der Waals surface area contributed by atoms with Gasteiger partial charge in [0.25, 0.3) is 0 Å². The molecule has 1 amide bonds. The summed E-state index contributed by atoms with van der Waals surface area (Å²) in [6, 6.07) is 0. The van der Waals surface area contributed by atoms with E-state index in [0.717, 1.165) is 19.0 Å². The standard InChI is InChI=1S/C17H35N3O2/c1-13(2)15(11-19-16(21)22-17(3,4)5)10-18-9-14-7-8-20(6)12-14/h13-15,18H,7-12H2,1-6H3,(H,19,21). The molecule has 0 aromatic rings. The number of ether oxygens (including phenoxy) is 1. The van der Waals surface area contributed by atoms with E-state index in [-0.39, 0.29) is 6.09 Å². The Bertz CT molecular complexity index is 339. The highest BCUT2D eigenvalue weighted by atomic mass is 16.6. The minimum Gasteiger partial charge on any atom is -0.444 e. The average Bonchev–Trinajstić information content (AvgIpc) is 2.76. The fourth-order valence-electron chi connectivity index (χ4n) is 2.74. The van der Waals surface area contributed by atoms with Gasteiger partial charge in [0.2, 0.25) is 0 Å². The summed E-state index contributed by atoms with van der Waals surface area (Å²) in [5.74, 6) is 1.71. The Morgan fingerprint density at radius 3 is 2.50 bits per heavy atom. The molecule has 5 nitrogen and oxygen atoms in total. The molecule has 1 heterocycles. The molecule has 5 heteroatoms. The van der Waals surface area contributed by atoms with Crippen molar-refractivity contribution in [3.8, 4) is 0 Å². The fraction of sp³-hybridized carbons (Fsp3) is 0.941. The van der Waals surface area contributed by atoms with Gasteiger partial charge in [0.1, 0.15) is 5.60 Å². The third-order valence-electron chi connectivity index (χ3n) is 4.18. The van der Waals surface area contributed by atoms with Gasteiger partial charge in [-0.2, -0.15) is 0 Å². The molecule has 0 saturated carbocycles. The molecule has 0 radical (unpaired) electrons. The van der Waals surface area contributed by atoms with Gasteiger partial charge in [-0.25, -0.2) is 4.79 Å². The highest BCUT2D eigenvalue weighted by Crippen LogP contribution is 2.14. The van der Waals surface area contributed by atoms with E-state index < -0.39 is 5.60 Å². The molecule has 130 valence electrons. The first-order chi connectivity index (χ1) is 10.2. The van der Waals surface area contributed by atoms with E-state index in [1.165, 1.54) is 19.5 Å². The van der Waals surface area contributed by atoms with Crippen LogP contribution in [-0.4, -0.2) is 56.4 Å². The first kappa shape index (κ1) is 19.2. The quantitative estimate of drug-likeness (QED) is 0.757. The van der Waals surface area contributed by atoms with Gasteiger partial charge >= 0.3 is 6.09 Å². The minimum atomic E-state index is -0.440. The van der Waals surface area contributed by atoms with Crippen molar-refractivity contribution in [2.75, 3.05) is 39.8 Å². The third kappa shape index (κ3) is 7.99. The molecule has 2 N–H and O–H groups in total. The van der Waals surface area contributed by atoms with E-state index in [1.807, 2.05) is 20.8 Å². The summed E-state index contributed by atoms with van der Waals surface area (Å²) in [7, 11) is 2.18. The van der Waals surface area contributed by atoms with Crippen molar-refractivity contribution in [2.24, 2.45) is 17.8 Å². The Morgan fingerprint density at radius 2 is 2.00 bits per heavy atom. The van der Waals surface area contributed by atoms with Gasteiger partial charge in [0.15, 0.2) is 0 Å². The highest BCUT2D eigenvalue weighted by molar-refractivity contribution is 5.67. The van der Waals surface area contributed by atoms with E-state index in [0.29, 0.717) is 18.4 Å². The largest absolute Gasteiger partial charge is 0.444 e. The Labute approximate surface area is 136 Å². The molecular weight excluding hydrogens is 278 g/mol. The van der Waals surface area contributed by atoms with E-state index in [4.69, 9.17) is 4.74 Å². The molecule has 2 atom stereocenters. The Kier molecular flexibility index (Phi) is 7.63. The van der Waals surface area contributed by atoms with E-state index >= 15 is 0 Å². The number of carbonyl (C=O) groups is 1. The lowest BCUT2D eigenvalue weighted by Gasteiger charge is -2.24. The number of carbonyl (C=O) groups excluding carboxylic acids is 1. The average molecular weight is 313 g/mol. The predicted molar refractivity (Wildman–Crippen MR) is 91.0 cm³/mol. The SMILES string of the molecule is CC(C)C(CNCC1CCN(C)C1)CNC(=O)OC(C)(C)C. The number of alkyl carbamates (subject to hydrolysis) is 1. The minimum absolute atomic E-state index is 0.324. The van der Waals surface area contributed by atoms with Gasteiger partial charge in [-0.3, -0.25) is 0 Å². The van der Waals surface area contributed by atoms with Crippen LogP contribution in [0.2, 0.25) is 0 Å². The van der Waals surface area contributed by atoms with Gasteiger partial charge < -0.3 is 20.3 Å². The smallest absolute Gasteiger partial charge is 0.407 e. The van der Waals surface area contributed by atoms with Gasteiger partial charge in [-0.05, 0) is 71.6 Å². The molecule has 0 spiro atoms. The second-order valence-electron chi connectivity index (χ2n) is 7.96. The molecule has 0 aliphatic carbocycles. The molecule has 0 aromatic carbocycles. The molecule has 1 saturated heterocycles. The molecule has 1 aliphatic heterocycles. The summed E-state index contributed by atoms with van der Waals surface area (Å²) < 4.78 is 5.29. The number of amides is 1. The number of hydrogen-bond donors (Lipinski definition) is 2. The van der Waals surface area contributed by atoms with Crippen LogP contribution in [0, 0.1) is 17.8 Å². The normalized spacial score (nSPS) is 21.1. The second kappa shape index (κ2) is 8.73. The highest BCUT2D eigenvalue weighted by Gasteiger charge is 2.21. The van der Waals surface area contributed by atoms with E-state index in [1.54, 1.807) is 0 Å². The third-order valence-corrected chi connectivity index (χ3v) is 4.18. The monoisotopic (exact) mass is 313 g/mol. The van der Waals surface area contributed by atoms with E-state index in [2.05, 4.69) is 36.4 Å².